The molecule has 7 heteroatoms. The minimum absolute atomic E-state index is 0.0849. The molecular formula is C14H19NO5S. The summed E-state index contributed by atoms with van der Waals surface area (Å²) in [5, 5.41) is 13.9. The fraction of sp³-hybridized carbons (Fsp3) is 0.571. The summed E-state index contributed by atoms with van der Waals surface area (Å²) in [5.74, 6) is -1.14. The van der Waals surface area contributed by atoms with Gasteiger partial charge in [-0.1, -0.05) is 0 Å². The molecule has 1 saturated heterocycles. The first-order chi connectivity index (χ1) is 10.0. The summed E-state index contributed by atoms with van der Waals surface area (Å²) >= 11 is 1.33. The van der Waals surface area contributed by atoms with E-state index in [1.807, 2.05) is 5.38 Å². The van der Waals surface area contributed by atoms with E-state index in [2.05, 4.69) is 5.32 Å². The fourth-order valence-electron chi connectivity index (χ4n) is 2.44. The topological polar surface area (TPSA) is 84.9 Å². The second-order valence-corrected chi connectivity index (χ2v) is 6.08. The van der Waals surface area contributed by atoms with Gasteiger partial charge in [0.1, 0.15) is 0 Å². The molecule has 1 amide bonds. The number of aliphatic carboxylic acids is 1. The summed E-state index contributed by atoms with van der Waals surface area (Å²) in [4.78, 5) is 24.0. The van der Waals surface area contributed by atoms with Gasteiger partial charge in [-0.25, -0.2) is 0 Å². The molecule has 0 spiro atoms. The number of rotatable bonds is 6. The van der Waals surface area contributed by atoms with Crippen LogP contribution in [-0.2, 0) is 20.9 Å². The van der Waals surface area contributed by atoms with E-state index in [9.17, 15) is 9.59 Å². The van der Waals surface area contributed by atoms with E-state index in [0.29, 0.717) is 37.5 Å². The molecule has 116 valence electrons. The van der Waals surface area contributed by atoms with Crippen LogP contribution in [0, 0.1) is 0 Å². The molecule has 1 aromatic rings. The van der Waals surface area contributed by atoms with Gasteiger partial charge in [0.15, 0.2) is 0 Å². The summed E-state index contributed by atoms with van der Waals surface area (Å²) in [6, 6.07) is 1.78. The quantitative estimate of drug-likeness (QED) is 0.834. The Bertz CT molecular complexity index is 507. The van der Waals surface area contributed by atoms with Gasteiger partial charge in [-0.05, 0) is 29.9 Å². The SMILES string of the molecule is COCc1csc(C(=O)NC2(CC(=O)O)CCOCC2)c1. The van der Waals surface area contributed by atoms with Crippen LogP contribution in [0.5, 0.6) is 0 Å². The van der Waals surface area contributed by atoms with Crippen LogP contribution in [0.1, 0.15) is 34.5 Å². The van der Waals surface area contributed by atoms with Crippen molar-refractivity contribution in [3.05, 3.63) is 21.9 Å². The number of hydrogen-bond acceptors (Lipinski definition) is 5. The highest BCUT2D eigenvalue weighted by molar-refractivity contribution is 7.12. The average molecular weight is 313 g/mol. The van der Waals surface area contributed by atoms with Crippen molar-refractivity contribution in [2.24, 2.45) is 0 Å². The van der Waals surface area contributed by atoms with E-state index < -0.39 is 11.5 Å². The van der Waals surface area contributed by atoms with Crippen molar-refractivity contribution < 1.29 is 24.2 Å². The maximum absolute atomic E-state index is 12.3. The van der Waals surface area contributed by atoms with Crippen LogP contribution in [0.2, 0.25) is 0 Å². The zero-order chi connectivity index (χ0) is 15.3. The summed E-state index contributed by atoms with van der Waals surface area (Å²) in [6.07, 6.45) is 0.946. The summed E-state index contributed by atoms with van der Waals surface area (Å²) in [5.41, 5.74) is 0.221. The average Bonchev–Trinajstić information content (AvgIpc) is 2.88. The number of carboxylic acid groups (broad SMARTS) is 1. The largest absolute Gasteiger partial charge is 0.481 e. The number of carbonyl (C=O) groups is 2. The molecule has 1 aliphatic heterocycles. The van der Waals surface area contributed by atoms with E-state index in [0.717, 1.165) is 5.56 Å². The smallest absolute Gasteiger partial charge is 0.305 e. The number of methoxy groups -OCH3 is 1. The van der Waals surface area contributed by atoms with Crippen molar-refractivity contribution >= 4 is 23.2 Å². The van der Waals surface area contributed by atoms with Crippen molar-refractivity contribution in [1.29, 1.82) is 0 Å². The molecule has 2 N–H and O–H groups in total. The van der Waals surface area contributed by atoms with E-state index >= 15 is 0 Å². The number of carbonyl (C=O) groups excluding carboxylic acids is 1. The van der Waals surface area contributed by atoms with Crippen LogP contribution in [0.3, 0.4) is 0 Å². The molecule has 2 rings (SSSR count). The highest BCUT2D eigenvalue weighted by Gasteiger charge is 2.36. The van der Waals surface area contributed by atoms with Gasteiger partial charge in [-0.2, -0.15) is 0 Å². The van der Waals surface area contributed by atoms with Crippen LogP contribution in [-0.4, -0.2) is 42.8 Å². The molecule has 0 atom stereocenters. The van der Waals surface area contributed by atoms with Crippen LogP contribution < -0.4 is 5.32 Å². The molecule has 0 bridgehead atoms. The van der Waals surface area contributed by atoms with E-state index in [4.69, 9.17) is 14.6 Å². The third kappa shape index (κ3) is 4.26. The van der Waals surface area contributed by atoms with Gasteiger partial charge in [0.2, 0.25) is 0 Å². The van der Waals surface area contributed by atoms with Crippen molar-refractivity contribution in [3.8, 4) is 0 Å². The Morgan fingerprint density at radius 2 is 2.19 bits per heavy atom. The maximum atomic E-state index is 12.3. The van der Waals surface area contributed by atoms with Crippen LogP contribution >= 0.6 is 11.3 Å². The number of ether oxygens (including phenoxy) is 2. The molecule has 0 saturated carbocycles. The van der Waals surface area contributed by atoms with Gasteiger partial charge < -0.3 is 19.9 Å². The molecule has 1 fully saturated rings. The third-order valence-corrected chi connectivity index (χ3v) is 4.48. The second-order valence-electron chi connectivity index (χ2n) is 5.17. The number of carboxylic acids is 1. The van der Waals surface area contributed by atoms with Gasteiger partial charge in [-0.3, -0.25) is 9.59 Å². The van der Waals surface area contributed by atoms with Gasteiger partial charge in [0.25, 0.3) is 5.91 Å². The molecule has 1 aliphatic rings. The zero-order valence-corrected chi connectivity index (χ0v) is 12.7. The Balaban J connectivity index is 2.07. The second kappa shape index (κ2) is 7.02. The third-order valence-electron chi connectivity index (χ3n) is 3.51. The number of amides is 1. The van der Waals surface area contributed by atoms with Crippen molar-refractivity contribution in [2.75, 3.05) is 20.3 Å². The normalized spacial score (nSPS) is 17.4. The van der Waals surface area contributed by atoms with Crippen LogP contribution in [0.25, 0.3) is 0 Å². The number of hydrogen-bond donors (Lipinski definition) is 2. The Labute approximate surface area is 127 Å². The monoisotopic (exact) mass is 313 g/mol. The fourth-order valence-corrected chi connectivity index (χ4v) is 3.23. The lowest BCUT2D eigenvalue weighted by molar-refractivity contribution is -0.139. The lowest BCUT2D eigenvalue weighted by atomic mass is 9.86. The van der Waals surface area contributed by atoms with Gasteiger partial charge >= 0.3 is 5.97 Å². The highest BCUT2D eigenvalue weighted by Crippen LogP contribution is 2.26. The lowest BCUT2D eigenvalue weighted by Crippen LogP contribution is -2.53. The number of nitrogens with one attached hydrogen (secondary N) is 1. The van der Waals surface area contributed by atoms with Crippen LogP contribution in [0.4, 0.5) is 0 Å². The first-order valence-corrected chi connectivity index (χ1v) is 7.61. The number of thiophene rings is 1. The molecule has 0 unspecified atom stereocenters. The Hall–Kier alpha value is -1.44. The summed E-state index contributed by atoms with van der Waals surface area (Å²) in [6.45, 7) is 1.39. The molecule has 0 aromatic carbocycles. The molecule has 1 aromatic heterocycles. The Kier molecular flexibility index (Phi) is 5.33. The van der Waals surface area contributed by atoms with Crippen molar-refractivity contribution in [2.45, 2.75) is 31.4 Å². The van der Waals surface area contributed by atoms with Gasteiger partial charge in [-0.15, -0.1) is 11.3 Å². The first-order valence-electron chi connectivity index (χ1n) is 6.73. The highest BCUT2D eigenvalue weighted by atomic mass is 32.1. The summed E-state index contributed by atoms with van der Waals surface area (Å²) in [7, 11) is 1.60. The molecule has 21 heavy (non-hydrogen) atoms. The summed E-state index contributed by atoms with van der Waals surface area (Å²) < 4.78 is 10.3. The van der Waals surface area contributed by atoms with E-state index in [1.54, 1.807) is 13.2 Å². The Morgan fingerprint density at radius 1 is 1.48 bits per heavy atom. The van der Waals surface area contributed by atoms with E-state index in [1.165, 1.54) is 11.3 Å². The minimum Gasteiger partial charge on any atom is -0.481 e. The van der Waals surface area contributed by atoms with Crippen molar-refractivity contribution in [3.63, 3.8) is 0 Å². The van der Waals surface area contributed by atoms with Gasteiger partial charge in [0.05, 0.1) is 23.4 Å². The van der Waals surface area contributed by atoms with E-state index in [-0.39, 0.29) is 12.3 Å². The predicted octanol–water partition coefficient (Wildman–Crippen LogP) is 1.65. The molecule has 0 radical (unpaired) electrons. The molecule has 2 heterocycles. The van der Waals surface area contributed by atoms with Crippen LogP contribution in [0.15, 0.2) is 11.4 Å². The molecule has 6 nitrogen and oxygen atoms in total. The maximum Gasteiger partial charge on any atom is 0.305 e. The predicted molar refractivity (Wildman–Crippen MR) is 77.5 cm³/mol. The lowest BCUT2D eigenvalue weighted by Gasteiger charge is -2.36. The minimum atomic E-state index is -0.913. The Morgan fingerprint density at radius 3 is 2.81 bits per heavy atom. The first kappa shape index (κ1) is 15.9. The standard InChI is InChI=1S/C14H19NO5S/c1-19-8-10-6-11(21-9-10)13(18)15-14(7-12(16)17)2-4-20-5-3-14/h6,9H,2-5,7-8H2,1H3,(H,15,18)(H,16,17). The molecule has 0 aliphatic carbocycles. The van der Waals surface area contributed by atoms with Gasteiger partial charge in [0, 0.05) is 20.3 Å². The molecular weight excluding hydrogens is 294 g/mol. The zero-order valence-electron chi connectivity index (χ0n) is 11.9. The van der Waals surface area contributed by atoms with Crippen molar-refractivity contribution in [1.82, 2.24) is 5.32 Å².